The van der Waals surface area contributed by atoms with Crippen LogP contribution in [0, 0.1) is 17.4 Å². The molecule has 0 amide bonds. The minimum Gasteiger partial charge on any atom is -0.378 e. The molecular weight excluding hydrogens is 632 g/mol. The predicted octanol–water partition coefficient (Wildman–Crippen LogP) is 7.94. The fraction of sp³-hybridized carbons (Fsp3) is 0.179. The van der Waals surface area contributed by atoms with Crippen LogP contribution in [0.25, 0.3) is 11.6 Å². The van der Waals surface area contributed by atoms with E-state index in [-0.39, 0.29) is 0 Å². The van der Waals surface area contributed by atoms with E-state index in [0.29, 0.717) is 0 Å². The molecule has 33 heavy (non-hydrogen) atoms. The number of aromatic nitrogens is 1. The molecule has 0 saturated carbocycles. The van der Waals surface area contributed by atoms with Crippen LogP contribution in [0.4, 0.5) is 5.69 Å². The van der Waals surface area contributed by atoms with E-state index in [1.165, 1.54) is 35.2 Å². The molecular formula is C28H27I2N3. The van der Waals surface area contributed by atoms with Gasteiger partial charge in [-0.2, -0.15) is 0 Å². The third-order valence-corrected chi connectivity index (χ3v) is 8.86. The number of aromatic amines is 1. The highest BCUT2D eigenvalue weighted by Crippen LogP contribution is 2.40. The molecule has 0 radical (unpaired) electrons. The molecule has 0 spiro atoms. The largest absolute Gasteiger partial charge is 0.378 e. The molecule has 0 bridgehead atoms. The summed E-state index contributed by atoms with van der Waals surface area (Å²) in [5.41, 5.74) is 11.5. The second-order valence-electron chi connectivity index (χ2n) is 8.41. The molecule has 0 fully saturated rings. The number of benzene rings is 2. The van der Waals surface area contributed by atoms with Crippen molar-refractivity contribution >= 4 is 68.2 Å². The third-order valence-electron chi connectivity index (χ3n) is 5.88. The summed E-state index contributed by atoms with van der Waals surface area (Å²) >= 11 is 4.86. The van der Waals surface area contributed by atoms with Crippen molar-refractivity contribution in [1.82, 2.24) is 4.98 Å². The lowest BCUT2D eigenvalue weighted by Gasteiger charge is -2.12. The van der Waals surface area contributed by atoms with Crippen molar-refractivity contribution in [3.63, 3.8) is 0 Å². The summed E-state index contributed by atoms with van der Waals surface area (Å²) in [4.78, 5) is 10.9. The summed E-state index contributed by atoms with van der Waals surface area (Å²) in [6, 6.07) is 19.1. The zero-order valence-corrected chi connectivity index (χ0v) is 23.8. The van der Waals surface area contributed by atoms with Gasteiger partial charge in [0.25, 0.3) is 0 Å². The average molecular weight is 659 g/mol. The first-order valence-electron chi connectivity index (χ1n) is 10.8. The Labute approximate surface area is 223 Å². The summed E-state index contributed by atoms with van der Waals surface area (Å²) in [7, 11) is 4.11. The van der Waals surface area contributed by atoms with Crippen LogP contribution in [-0.4, -0.2) is 24.8 Å². The lowest BCUT2D eigenvalue weighted by molar-refractivity contribution is 1.13. The van der Waals surface area contributed by atoms with Crippen LogP contribution in [0.15, 0.2) is 80.5 Å². The van der Waals surface area contributed by atoms with Crippen LogP contribution in [0.3, 0.4) is 0 Å². The smallest absolute Gasteiger partial charge is 0.0777 e. The number of halogens is 2. The Hall–Kier alpha value is -2.13. The molecule has 2 heterocycles. The van der Waals surface area contributed by atoms with Crippen molar-refractivity contribution < 1.29 is 0 Å². The van der Waals surface area contributed by atoms with Crippen molar-refractivity contribution in [2.24, 2.45) is 4.99 Å². The highest BCUT2D eigenvalue weighted by Gasteiger charge is 2.25. The minimum atomic E-state index is 1.00. The number of aryl methyl sites for hydroxylation is 1. The molecule has 0 unspecified atom stereocenters. The molecule has 3 nitrogen and oxygen atoms in total. The number of nitrogens with one attached hydrogen (secondary N) is 1. The summed E-state index contributed by atoms with van der Waals surface area (Å²) < 4.78 is 2.46. The SMILES string of the molecule is CC1=C(I)C(/C=C/c2ccc(N(C)C)cc2)=NC/1=C(/c1ccccc1)c1[nH]c(C)c(I)c1C. The van der Waals surface area contributed by atoms with Gasteiger partial charge in [0, 0.05) is 38.2 Å². The third kappa shape index (κ3) is 4.89. The number of rotatable bonds is 5. The maximum atomic E-state index is 5.14. The second kappa shape index (κ2) is 10.0. The van der Waals surface area contributed by atoms with Crippen molar-refractivity contribution in [3.8, 4) is 0 Å². The number of allylic oxidation sites excluding steroid dienone is 3. The van der Waals surface area contributed by atoms with E-state index in [0.717, 1.165) is 28.2 Å². The summed E-state index contributed by atoms with van der Waals surface area (Å²) in [5, 5.41) is 0. The Morgan fingerprint density at radius 2 is 1.58 bits per heavy atom. The highest BCUT2D eigenvalue weighted by molar-refractivity contribution is 14.1. The van der Waals surface area contributed by atoms with Crippen molar-refractivity contribution in [2.75, 3.05) is 19.0 Å². The van der Waals surface area contributed by atoms with E-state index in [1.54, 1.807) is 0 Å². The van der Waals surface area contributed by atoms with E-state index >= 15 is 0 Å². The van der Waals surface area contributed by atoms with Gasteiger partial charge in [0.2, 0.25) is 0 Å². The van der Waals surface area contributed by atoms with Crippen LogP contribution in [0.1, 0.15) is 35.0 Å². The summed E-state index contributed by atoms with van der Waals surface area (Å²) in [6.45, 7) is 6.49. The van der Waals surface area contributed by atoms with Gasteiger partial charge < -0.3 is 9.88 Å². The molecule has 1 aliphatic heterocycles. The quantitative estimate of drug-likeness (QED) is 0.277. The fourth-order valence-electron chi connectivity index (χ4n) is 3.94. The van der Waals surface area contributed by atoms with E-state index in [4.69, 9.17) is 4.99 Å². The first kappa shape index (κ1) is 24.0. The molecule has 1 aromatic heterocycles. The Kier molecular flexibility index (Phi) is 7.28. The molecule has 1 aliphatic rings. The van der Waals surface area contributed by atoms with Crippen LogP contribution in [-0.2, 0) is 0 Å². The van der Waals surface area contributed by atoms with Gasteiger partial charge >= 0.3 is 0 Å². The predicted molar refractivity (Wildman–Crippen MR) is 159 cm³/mol. The molecule has 168 valence electrons. The maximum Gasteiger partial charge on any atom is 0.0777 e. The molecule has 4 rings (SSSR count). The fourth-order valence-corrected chi connectivity index (χ4v) is 4.90. The van der Waals surface area contributed by atoms with Gasteiger partial charge in [-0.3, -0.25) is 0 Å². The molecule has 1 N–H and O–H groups in total. The van der Waals surface area contributed by atoms with Gasteiger partial charge in [-0.15, -0.1) is 0 Å². The lowest BCUT2D eigenvalue weighted by atomic mass is 9.96. The minimum absolute atomic E-state index is 1.00. The molecule has 2 aromatic carbocycles. The Morgan fingerprint density at radius 3 is 2.15 bits per heavy atom. The van der Waals surface area contributed by atoms with Crippen LogP contribution < -0.4 is 4.90 Å². The molecule has 5 heteroatoms. The molecule has 0 saturated heterocycles. The Bertz CT molecular complexity index is 1310. The topological polar surface area (TPSA) is 31.4 Å². The van der Waals surface area contributed by atoms with Gasteiger partial charge in [0.05, 0.1) is 17.1 Å². The maximum absolute atomic E-state index is 5.14. The average Bonchev–Trinajstić information content (AvgIpc) is 3.24. The van der Waals surface area contributed by atoms with Gasteiger partial charge in [-0.1, -0.05) is 48.5 Å². The van der Waals surface area contributed by atoms with Crippen molar-refractivity contribution in [1.29, 1.82) is 0 Å². The second-order valence-corrected chi connectivity index (χ2v) is 10.6. The van der Waals surface area contributed by atoms with Crippen LogP contribution >= 0.6 is 45.2 Å². The van der Waals surface area contributed by atoms with E-state index in [2.05, 4.69) is 157 Å². The van der Waals surface area contributed by atoms with Gasteiger partial charge in [-0.05, 0) is 106 Å². The Balaban J connectivity index is 1.82. The number of hydrogen-bond acceptors (Lipinski definition) is 2. The number of nitrogens with zero attached hydrogens (tertiary/aromatic N) is 2. The number of hydrogen-bond donors (Lipinski definition) is 1. The van der Waals surface area contributed by atoms with Crippen LogP contribution in [0.2, 0.25) is 0 Å². The zero-order chi connectivity index (χ0) is 23.7. The molecule has 0 atom stereocenters. The first-order valence-corrected chi connectivity index (χ1v) is 13.0. The molecule has 0 aliphatic carbocycles. The van der Waals surface area contributed by atoms with Gasteiger partial charge in [0.1, 0.15) is 0 Å². The number of H-pyrrole nitrogens is 1. The van der Waals surface area contributed by atoms with E-state index in [9.17, 15) is 0 Å². The standard InChI is InChI=1S/C28H27I2N3/c1-17-25(29)19(3)31-27(17)24(21-9-7-6-8-10-21)28-18(2)26(30)23(32-28)16-13-20-11-14-22(15-12-20)33(4)5/h6-16,31H,1-5H3/b16-13+,28-24-. The van der Waals surface area contributed by atoms with E-state index in [1.807, 2.05) is 0 Å². The zero-order valence-electron chi connectivity index (χ0n) is 19.5. The monoisotopic (exact) mass is 659 g/mol. The normalized spacial score (nSPS) is 15.4. The highest BCUT2D eigenvalue weighted by atomic mass is 127. The van der Waals surface area contributed by atoms with Crippen molar-refractivity contribution in [2.45, 2.75) is 20.8 Å². The Morgan fingerprint density at radius 1 is 0.909 bits per heavy atom. The van der Waals surface area contributed by atoms with Crippen molar-refractivity contribution in [3.05, 3.63) is 107 Å². The first-order chi connectivity index (χ1) is 15.8. The summed E-state index contributed by atoms with van der Waals surface area (Å²) in [5.74, 6) is 0. The van der Waals surface area contributed by atoms with E-state index < -0.39 is 0 Å². The molecule has 3 aromatic rings. The van der Waals surface area contributed by atoms with Gasteiger partial charge in [0.15, 0.2) is 0 Å². The number of anilines is 1. The summed E-state index contributed by atoms with van der Waals surface area (Å²) in [6.07, 6.45) is 4.27. The number of aliphatic imine (C=N–C) groups is 1. The van der Waals surface area contributed by atoms with Crippen LogP contribution in [0.5, 0.6) is 0 Å². The lowest BCUT2D eigenvalue weighted by Crippen LogP contribution is -2.07. The van der Waals surface area contributed by atoms with Gasteiger partial charge in [-0.25, -0.2) is 4.99 Å².